The smallest absolute Gasteiger partial charge is 0.226 e. The maximum atomic E-state index is 4.81. The lowest BCUT2D eigenvalue weighted by atomic mass is 10.2. The molecule has 0 atom stereocenters. The molecule has 1 aliphatic heterocycles. The fourth-order valence-electron chi connectivity index (χ4n) is 3.20. The van der Waals surface area contributed by atoms with Gasteiger partial charge in [0, 0.05) is 43.3 Å². The van der Waals surface area contributed by atoms with Crippen molar-refractivity contribution in [1.82, 2.24) is 24.8 Å². The van der Waals surface area contributed by atoms with Crippen molar-refractivity contribution < 1.29 is 0 Å². The Morgan fingerprint density at radius 2 is 1.93 bits per heavy atom. The van der Waals surface area contributed by atoms with Gasteiger partial charge >= 0.3 is 0 Å². The van der Waals surface area contributed by atoms with Crippen LogP contribution in [0.2, 0.25) is 0 Å². The van der Waals surface area contributed by atoms with Crippen molar-refractivity contribution in [2.45, 2.75) is 13.8 Å². The van der Waals surface area contributed by atoms with Gasteiger partial charge in [-0.05, 0) is 31.7 Å². The number of nitrogens with zero attached hydrogens (tertiary/aromatic N) is 6. The first kappa shape index (κ1) is 19.7. The zero-order valence-corrected chi connectivity index (χ0v) is 17.8. The molecule has 1 fully saturated rings. The van der Waals surface area contributed by atoms with Gasteiger partial charge in [-0.2, -0.15) is 0 Å². The van der Waals surface area contributed by atoms with E-state index in [0.717, 1.165) is 65.9 Å². The molecule has 9 heteroatoms. The minimum absolute atomic E-state index is 0.691. The van der Waals surface area contributed by atoms with Crippen LogP contribution in [0, 0.1) is 6.92 Å². The number of nitrogens with one attached hydrogen (secondary N) is 2. The second-order valence-corrected chi connectivity index (χ2v) is 8.18. The first-order valence-corrected chi connectivity index (χ1v) is 10.8. The summed E-state index contributed by atoms with van der Waals surface area (Å²) in [6.07, 6.45) is 3.33. The summed E-state index contributed by atoms with van der Waals surface area (Å²) in [5.41, 5.74) is 4.64. The average Bonchev–Trinajstić information content (AvgIpc) is 2.75. The molecule has 8 nitrogen and oxygen atoms in total. The zero-order chi connectivity index (χ0) is 20.2. The molecular weight excluding hydrogens is 384 g/mol. The largest absolute Gasteiger partial charge is 0.338 e. The maximum absolute atomic E-state index is 4.81. The number of benzene rings is 1. The Hall–Kier alpha value is -2.65. The standard InChI is InChI=1S/C20H26N8S/c1-4-29-26-15-6-5-14(2)16(11-15)24-19-18-17(22-13-23-19)12-21-20(25-18)28-9-7-27(3)8-10-28/h5-6,11-13,26H,4,7-10H2,1-3H3,(H,22,23,24). The molecule has 29 heavy (non-hydrogen) atoms. The molecule has 1 saturated heterocycles. The van der Waals surface area contributed by atoms with Crippen molar-refractivity contribution in [3.63, 3.8) is 0 Å². The van der Waals surface area contributed by atoms with Gasteiger partial charge in [-0.1, -0.05) is 24.9 Å². The third kappa shape index (κ3) is 4.51. The lowest BCUT2D eigenvalue weighted by Crippen LogP contribution is -2.45. The Morgan fingerprint density at radius 1 is 1.10 bits per heavy atom. The number of hydrogen-bond donors (Lipinski definition) is 2. The molecule has 0 amide bonds. The molecule has 2 N–H and O–H groups in total. The van der Waals surface area contributed by atoms with E-state index in [0.29, 0.717) is 5.82 Å². The fraction of sp³-hybridized carbons (Fsp3) is 0.400. The number of anilines is 4. The molecule has 0 radical (unpaired) electrons. The van der Waals surface area contributed by atoms with E-state index >= 15 is 0 Å². The van der Waals surface area contributed by atoms with E-state index in [1.165, 1.54) is 0 Å². The molecule has 0 spiro atoms. The van der Waals surface area contributed by atoms with Crippen molar-refractivity contribution in [2.75, 3.05) is 53.9 Å². The topological polar surface area (TPSA) is 82.1 Å². The van der Waals surface area contributed by atoms with Crippen molar-refractivity contribution in [3.05, 3.63) is 36.3 Å². The van der Waals surface area contributed by atoms with Crippen molar-refractivity contribution in [3.8, 4) is 0 Å². The second-order valence-electron chi connectivity index (χ2n) is 7.11. The number of fused-ring (bicyclic) bond motifs is 1. The summed E-state index contributed by atoms with van der Waals surface area (Å²) in [4.78, 5) is 22.7. The highest BCUT2D eigenvalue weighted by Gasteiger charge is 2.18. The summed E-state index contributed by atoms with van der Waals surface area (Å²) < 4.78 is 3.35. The molecule has 2 aromatic heterocycles. The van der Waals surface area contributed by atoms with Gasteiger partial charge in [-0.3, -0.25) is 0 Å². The lowest BCUT2D eigenvalue weighted by molar-refractivity contribution is 0.311. The van der Waals surface area contributed by atoms with Crippen LogP contribution in [-0.4, -0.2) is 63.8 Å². The molecule has 0 aliphatic carbocycles. The van der Waals surface area contributed by atoms with E-state index < -0.39 is 0 Å². The van der Waals surface area contributed by atoms with E-state index in [4.69, 9.17) is 4.98 Å². The molecule has 0 saturated carbocycles. The summed E-state index contributed by atoms with van der Waals surface area (Å²) in [7, 11) is 2.14. The summed E-state index contributed by atoms with van der Waals surface area (Å²) in [5.74, 6) is 2.42. The highest BCUT2D eigenvalue weighted by molar-refractivity contribution is 8.00. The van der Waals surface area contributed by atoms with E-state index in [2.05, 4.69) is 73.9 Å². The van der Waals surface area contributed by atoms with E-state index in [9.17, 15) is 0 Å². The first-order chi connectivity index (χ1) is 14.1. The van der Waals surface area contributed by atoms with Crippen LogP contribution in [0.3, 0.4) is 0 Å². The van der Waals surface area contributed by atoms with Gasteiger partial charge in [-0.25, -0.2) is 19.9 Å². The van der Waals surface area contributed by atoms with Crippen LogP contribution < -0.4 is 14.9 Å². The normalized spacial score (nSPS) is 14.9. The Kier molecular flexibility index (Phi) is 5.96. The number of aromatic nitrogens is 4. The zero-order valence-electron chi connectivity index (χ0n) is 17.0. The number of likely N-dealkylation sites (N-methyl/N-ethyl adjacent to an activating group) is 1. The van der Waals surface area contributed by atoms with Gasteiger partial charge in [0.1, 0.15) is 17.4 Å². The van der Waals surface area contributed by atoms with Crippen LogP contribution in [0.1, 0.15) is 12.5 Å². The summed E-state index contributed by atoms with van der Waals surface area (Å²) in [5, 5.41) is 3.45. The Bertz CT molecular complexity index is 987. The Balaban J connectivity index is 1.64. The highest BCUT2D eigenvalue weighted by atomic mass is 32.2. The molecule has 1 aromatic carbocycles. The third-order valence-electron chi connectivity index (χ3n) is 4.98. The first-order valence-electron chi connectivity index (χ1n) is 9.80. The molecule has 0 unspecified atom stereocenters. The predicted octanol–water partition coefficient (Wildman–Crippen LogP) is 3.30. The van der Waals surface area contributed by atoms with Gasteiger partial charge in [0.25, 0.3) is 0 Å². The predicted molar refractivity (Wildman–Crippen MR) is 121 cm³/mol. The quantitative estimate of drug-likeness (QED) is 0.595. The molecule has 1 aliphatic rings. The van der Waals surface area contributed by atoms with Crippen LogP contribution in [0.5, 0.6) is 0 Å². The van der Waals surface area contributed by atoms with Crippen LogP contribution in [0.15, 0.2) is 30.7 Å². The number of rotatable bonds is 6. The van der Waals surface area contributed by atoms with Gasteiger partial charge in [0.05, 0.1) is 6.20 Å². The van der Waals surface area contributed by atoms with Gasteiger partial charge in [0.15, 0.2) is 5.82 Å². The van der Waals surface area contributed by atoms with Crippen molar-refractivity contribution >= 4 is 46.1 Å². The molecule has 4 rings (SSSR count). The molecule has 3 aromatic rings. The SMILES string of the molecule is CCSNc1ccc(C)c(Nc2ncnc3cnc(N4CCN(C)CC4)nc23)c1. The van der Waals surface area contributed by atoms with Gasteiger partial charge in [0.2, 0.25) is 5.95 Å². The number of aryl methyl sites for hydroxylation is 1. The van der Waals surface area contributed by atoms with Crippen molar-refractivity contribution in [1.29, 1.82) is 0 Å². The summed E-state index contributed by atoms with van der Waals surface area (Å²) in [6, 6.07) is 6.26. The van der Waals surface area contributed by atoms with Crippen molar-refractivity contribution in [2.24, 2.45) is 0 Å². The summed E-state index contributed by atoms with van der Waals surface area (Å²) in [6.45, 7) is 8.04. The highest BCUT2D eigenvalue weighted by Crippen LogP contribution is 2.28. The second kappa shape index (κ2) is 8.79. The molecule has 152 valence electrons. The number of hydrogen-bond acceptors (Lipinski definition) is 9. The van der Waals surface area contributed by atoms with E-state index in [1.807, 2.05) is 0 Å². The van der Waals surface area contributed by atoms with E-state index in [1.54, 1.807) is 24.5 Å². The van der Waals surface area contributed by atoms with Crippen LogP contribution in [0.25, 0.3) is 11.0 Å². The third-order valence-corrected chi connectivity index (χ3v) is 5.64. The van der Waals surface area contributed by atoms with Crippen LogP contribution in [0.4, 0.5) is 23.1 Å². The van der Waals surface area contributed by atoms with E-state index in [-0.39, 0.29) is 0 Å². The average molecular weight is 411 g/mol. The Morgan fingerprint density at radius 3 is 2.72 bits per heavy atom. The van der Waals surface area contributed by atoms with Gasteiger partial charge in [-0.15, -0.1) is 0 Å². The number of piperazine rings is 1. The molecule has 0 bridgehead atoms. The fourth-order valence-corrected chi connectivity index (χ4v) is 3.64. The molecular formula is C20H26N8S. The summed E-state index contributed by atoms with van der Waals surface area (Å²) >= 11 is 1.67. The minimum Gasteiger partial charge on any atom is -0.338 e. The monoisotopic (exact) mass is 410 g/mol. The maximum Gasteiger partial charge on any atom is 0.226 e. The lowest BCUT2D eigenvalue weighted by Gasteiger charge is -2.32. The van der Waals surface area contributed by atoms with Crippen LogP contribution in [-0.2, 0) is 0 Å². The van der Waals surface area contributed by atoms with Gasteiger partial charge < -0.3 is 19.8 Å². The Labute approximate surface area is 175 Å². The van der Waals surface area contributed by atoms with Crippen LogP contribution >= 0.6 is 11.9 Å². The minimum atomic E-state index is 0.691. The molecule has 3 heterocycles.